The minimum absolute atomic E-state index is 0.0921. The highest BCUT2D eigenvalue weighted by molar-refractivity contribution is 6.25. The second kappa shape index (κ2) is 10.4. The van der Waals surface area contributed by atoms with E-state index < -0.39 is 0 Å². The number of nitrogens with zero attached hydrogens (tertiary/aromatic N) is 2. The van der Waals surface area contributed by atoms with Crippen molar-refractivity contribution in [2.24, 2.45) is 0 Å². The Morgan fingerprint density at radius 2 is 1.51 bits per heavy atom. The molecule has 3 amide bonds. The Morgan fingerprint density at radius 1 is 0.857 bits per heavy atom. The van der Waals surface area contributed by atoms with Crippen LogP contribution in [0.5, 0.6) is 0 Å². The van der Waals surface area contributed by atoms with Crippen LogP contribution in [0.1, 0.15) is 44.7 Å². The smallest absolute Gasteiger partial charge is 0.261 e. The summed E-state index contributed by atoms with van der Waals surface area (Å²) in [6.07, 6.45) is 0.658. The maximum absolute atomic E-state index is 13.0. The van der Waals surface area contributed by atoms with Crippen LogP contribution < -0.4 is 5.32 Å². The molecule has 0 aromatic heterocycles. The van der Waals surface area contributed by atoms with Gasteiger partial charge in [-0.05, 0) is 35.1 Å². The third-order valence-corrected chi connectivity index (χ3v) is 6.73. The number of hydrogen-bond donors (Lipinski definition) is 1. The summed E-state index contributed by atoms with van der Waals surface area (Å²) in [7, 11) is 0. The Bertz CT molecular complexity index is 1220. The first-order valence-electron chi connectivity index (χ1n) is 12.1. The third-order valence-electron chi connectivity index (χ3n) is 6.73. The van der Waals surface area contributed by atoms with Gasteiger partial charge in [0.1, 0.15) is 0 Å². The van der Waals surface area contributed by atoms with Crippen LogP contribution in [0.4, 0.5) is 0 Å². The molecule has 7 heteroatoms. The van der Waals surface area contributed by atoms with Crippen molar-refractivity contribution in [3.05, 3.63) is 82.9 Å². The lowest BCUT2D eigenvalue weighted by Gasteiger charge is -2.27. The van der Waals surface area contributed by atoms with E-state index in [-0.39, 0.29) is 30.7 Å². The molecule has 180 valence electrons. The molecule has 0 bridgehead atoms. The molecule has 0 unspecified atom stereocenters. The summed E-state index contributed by atoms with van der Waals surface area (Å²) < 4.78 is 5.43. The molecule has 2 aliphatic heterocycles. The number of morpholine rings is 1. The van der Waals surface area contributed by atoms with Gasteiger partial charge >= 0.3 is 0 Å². The number of rotatable bonds is 8. The summed E-state index contributed by atoms with van der Waals surface area (Å²) in [5.41, 5.74) is 3.38. The highest BCUT2D eigenvalue weighted by atomic mass is 16.5. The standard InChI is InChI=1S/C28H29N3O4/c32-25(29-18-21-6-1-2-7-22(21)19-30-14-16-35-17-15-30)12-5-13-31-27(33)23-10-3-8-20-9-4-11-24(26(20)23)28(31)34/h1-4,6-11H,5,12-19H2,(H,29,32). The number of ether oxygens (including phenoxy) is 1. The first-order valence-corrected chi connectivity index (χ1v) is 12.1. The Labute approximate surface area is 204 Å². The van der Waals surface area contributed by atoms with Gasteiger partial charge in [-0.2, -0.15) is 0 Å². The maximum atomic E-state index is 13.0. The van der Waals surface area contributed by atoms with Crippen molar-refractivity contribution >= 4 is 28.5 Å². The average molecular weight is 472 g/mol. The van der Waals surface area contributed by atoms with E-state index in [4.69, 9.17) is 4.74 Å². The van der Waals surface area contributed by atoms with Crippen molar-refractivity contribution in [1.29, 1.82) is 0 Å². The van der Waals surface area contributed by atoms with Crippen LogP contribution in [-0.4, -0.2) is 60.4 Å². The summed E-state index contributed by atoms with van der Waals surface area (Å²) in [5.74, 6) is -0.681. The van der Waals surface area contributed by atoms with E-state index in [1.165, 1.54) is 10.5 Å². The number of hydrogen-bond acceptors (Lipinski definition) is 5. The quantitative estimate of drug-likeness (QED) is 0.510. The molecule has 2 heterocycles. The zero-order valence-corrected chi connectivity index (χ0v) is 19.7. The van der Waals surface area contributed by atoms with Crippen molar-refractivity contribution in [3.8, 4) is 0 Å². The fourth-order valence-corrected chi connectivity index (χ4v) is 4.85. The Hall–Kier alpha value is -3.55. The van der Waals surface area contributed by atoms with Crippen molar-refractivity contribution in [3.63, 3.8) is 0 Å². The molecule has 2 aliphatic rings. The van der Waals surface area contributed by atoms with Gasteiger partial charge in [0.2, 0.25) is 5.91 Å². The van der Waals surface area contributed by atoms with Crippen LogP contribution >= 0.6 is 0 Å². The van der Waals surface area contributed by atoms with Gasteiger partial charge in [-0.25, -0.2) is 0 Å². The normalized spacial score (nSPS) is 16.1. The molecular formula is C28H29N3O4. The number of imide groups is 1. The molecule has 0 saturated carbocycles. The van der Waals surface area contributed by atoms with Crippen LogP contribution in [0.25, 0.3) is 10.8 Å². The molecule has 3 aromatic rings. The molecule has 35 heavy (non-hydrogen) atoms. The first kappa shape index (κ1) is 23.2. The summed E-state index contributed by atoms with van der Waals surface area (Å²) in [5, 5.41) is 4.60. The number of carbonyl (C=O) groups excluding carboxylic acids is 3. The Kier molecular flexibility index (Phi) is 6.88. The molecular weight excluding hydrogens is 442 g/mol. The van der Waals surface area contributed by atoms with Crippen molar-refractivity contribution in [1.82, 2.24) is 15.1 Å². The summed E-state index contributed by atoms with van der Waals surface area (Å²) in [4.78, 5) is 42.2. The highest BCUT2D eigenvalue weighted by Crippen LogP contribution is 2.30. The lowest BCUT2D eigenvalue weighted by molar-refractivity contribution is -0.121. The largest absolute Gasteiger partial charge is 0.379 e. The second-order valence-electron chi connectivity index (χ2n) is 9.01. The minimum Gasteiger partial charge on any atom is -0.379 e. The monoisotopic (exact) mass is 471 g/mol. The second-order valence-corrected chi connectivity index (χ2v) is 9.01. The summed E-state index contributed by atoms with van der Waals surface area (Å²) in [6, 6.07) is 19.1. The van der Waals surface area contributed by atoms with Crippen LogP contribution in [0, 0.1) is 0 Å². The van der Waals surface area contributed by atoms with Crippen LogP contribution in [-0.2, 0) is 22.6 Å². The SMILES string of the molecule is O=C(CCCN1C(=O)c2cccc3cccc(c23)C1=O)NCc1ccccc1CN1CCOCC1. The van der Waals surface area contributed by atoms with E-state index in [1.807, 2.05) is 42.5 Å². The molecule has 1 saturated heterocycles. The number of amides is 3. The summed E-state index contributed by atoms with van der Waals surface area (Å²) in [6.45, 7) is 4.83. The molecule has 1 N–H and O–H groups in total. The van der Waals surface area contributed by atoms with E-state index in [0.29, 0.717) is 24.1 Å². The molecule has 3 aromatic carbocycles. The van der Waals surface area contributed by atoms with Crippen LogP contribution in [0.15, 0.2) is 60.7 Å². The van der Waals surface area contributed by atoms with E-state index in [9.17, 15) is 14.4 Å². The van der Waals surface area contributed by atoms with Gasteiger partial charge in [0.15, 0.2) is 0 Å². The van der Waals surface area contributed by atoms with E-state index in [1.54, 1.807) is 12.1 Å². The zero-order valence-electron chi connectivity index (χ0n) is 19.7. The molecule has 0 radical (unpaired) electrons. The number of nitrogens with one attached hydrogen (secondary N) is 1. The average Bonchev–Trinajstić information content (AvgIpc) is 2.89. The predicted molar refractivity (Wildman–Crippen MR) is 133 cm³/mol. The van der Waals surface area contributed by atoms with Crippen molar-refractivity contribution in [2.45, 2.75) is 25.9 Å². The van der Waals surface area contributed by atoms with Crippen molar-refractivity contribution in [2.75, 3.05) is 32.8 Å². The van der Waals surface area contributed by atoms with Crippen molar-refractivity contribution < 1.29 is 19.1 Å². The maximum Gasteiger partial charge on any atom is 0.261 e. The number of carbonyl (C=O) groups is 3. The Morgan fingerprint density at radius 3 is 2.20 bits per heavy atom. The molecule has 0 aliphatic carbocycles. The fraction of sp³-hybridized carbons (Fsp3) is 0.321. The first-order chi connectivity index (χ1) is 17.1. The lowest BCUT2D eigenvalue weighted by Crippen LogP contribution is -2.41. The van der Waals surface area contributed by atoms with E-state index >= 15 is 0 Å². The molecule has 1 fully saturated rings. The van der Waals surface area contributed by atoms with Crippen LogP contribution in [0.3, 0.4) is 0 Å². The van der Waals surface area contributed by atoms with E-state index in [2.05, 4.69) is 16.3 Å². The summed E-state index contributed by atoms with van der Waals surface area (Å²) >= 11 is 0. The third kappa shape index (κ3) is 4.97. The van der Waals surface area contributed by atoms with Gasteiger partial charge in [-0.3, -0.25) is 24.2 Å². The lowest BCUT2D eigenvalue weighted by atomic mass is 9.94. The zero-order chi connectivity index (χ0) is 24.2. The number of benzene rings is 3. The van der Waals surface area contributed by atoms with Gasteiger partial charge in [-0.1, -0.05) is 48.5 Å². The van der Waals surface area contributed by atoms with Gasteiger partial charge in [0, 0.05) is 55.7 Å². The molecule has 0 atom stereocenters. The van der Waals surface area contributed by atoms with Gasteiger partial charge in [0.05, 0.1) is 13.2 Å². The molecule has 5 rings (SSSR count). The topological polar surface area (TPSA) is 79.0 Å². The fourth-order valence-electron chi connectivity index (χ4n) is 4.85. The minimum atomic E-state index is -0.295. The van der Waals surface area contributed by atoms with Gasteiger partial charge in [0.25, 0.3) is 11.8 Å². The Balaban J connectivity index is 1.15. The van der Waals surface area contributed by atoms with Crippen LogP contribution in [0.2, 0.25) is 0 Å². The van der Waals surface area contributed by atoms with Gasteiger partial charge < -0.3 is 10.1 Å². The predicted octanol–water partition coefficient (Wildman–Crippen LogP) is 3.36. The highest BCUT2D eigenvalue weighted by Gasteiger charge is 2.32. The van der Waals surface area contributed by atoms with Gasteiger partial charge in [-0.15, -0.1) is 0 Å². The molecule has 7 nitrogen and oxygen atoms in total. The molecule has 0 spiro atoms. The van der Waals surface area contributed by atoms with E-state index in [0.717, 1.165) is 49.2 Å².